The van der Waals surface area contributed by atoms with E-state index in [0.29, 0.717) is 0 Å². The van der Waals surface area contributed by atoms with Crippen LogP contribution < -0.4 is 0 Å². The molecule has 1 aromatic carbocycles. The van der Waals surface area contributed by atoms with Gasteiger partial charge in [0.15, 0.2) is 0 Å². The van der Waals surface area contributed by atoms with Crippen molar-refractivity contribution in [1.29, 1.82) is 0 Å². The zero-order chi connectivity index (χ0) is 13.4. The summed E-state index contributed by atoms with van der Waals surface area (Å²) in [6.45, 7) is 5.97. The maximum Gasteiger partial charge on any atom is 0.0997 e. The normalized spacial score (nSPS) is 11.2. The van der Waals surface area contributed by atoms with Gasteiger partial charge in [0.1, 0.15) is 0 Å². The van der Waals surface area contributed by atoms with Crippen LogP contribution in [0.3, 0.4) is 0 Å². The van der Waals surface area contributed by atoms with Gasteiger partial charge in [-0.25, -0.2) is 0 Å². The Kier molecular flexibility index (Phi) is 7.00. The van der Waals surface area contributed by atoms with Gasteiger partial charge in [-0.1, -0.05) is 51.8 Å². The Morgan fingerprint density at radius 3 is 1.83 bits per heavy atom. The second kappa shape index (κ2) is 8.29. The van der Waals surface area contributed by atoms with E-state index in [1.807, 2.05) is 6.92 Å². The fraction of sp³-hybridized carbons (Fsp3) is 0.588. The van der Waals surface area contributed by atoms with Crippen LogP contribution in [0.15, 0.2) is 18.2 Å². The first kappa shape index (κ1) is 15.2. The Hall–Kier alpha value is -0.850. The molecule has 0 bridgehead atoms. The van der Waals surface area contributed by atoms with E-state index < -0.39 is 0 Å². The van der Waals surface area contributed by atoms with Crippen molar-refractivity contribution < 1.29 is 4.39 Å². The lowest BCUT2D eigenvalue weighted by Gasteiger charge is -2.12. The molecule has 18 heavy (non-hydrogen) atoms. The zero-order valence-corrected chi connectivity index (χ0v) is 12.1. The SMILES string of the molecule is CCCCc1cc(CCCC)cc([C](C)CF)c1. The highest BCUT2D eigenvalue weighted by Gasteiger charge is 2.08. The topological polar surface area (TPSA) is 0 Å². The Labute approximate surface area is 112 Å². The molecule has 0 amide bonds. The molecule has 0 fully saturated rings. The second-order valence-corrected chi connectivity index (χ2v) is 5.16. The highest BCUT2D eigenvalue weighted by molar-refractivity contribution is 5.38. The molecule has 101 valence electrons. The summed E-state index contributed by atoms with van der Waals surface area (Å²) >= 11 is 0. The van der Waals surface area contributed by atoms with Gasteiger partial charge in [-0.2, -0.15) is 0 Å². The average Bonchev–Trinajstić information content (AvgIpc) is 2.41. The minimum atomic E-state index is -0.343. The van der Waals surface area contributed by atoms with Gasteiger partial charge in [0, 0.05) is 5.92 Å². The number of aryl methyl sites for hydroxylation is 2. The van der Waals surface area contributed by atoms with Gasteiger partial charge in [0.2, 0.25) is 0 Å². The van der Waals surface area contributed by atoms with Crippen LogP contribution in [0.25, 0.3) is 0 Å². The minimum Gasteiger partial charge on any atom is -0.250 e. The number of alkyl halides is 1. The van der Waals surface area contributed by atoms with E-state index in [-0.39, 0.29) is 6.67 Å². The van der Waals surface area contributed by atoms with Crippen molar-refractivity contribution in [2.45, 2.75) is 59.3 Å². The molecule has 0 unspecified atom stereocenters. The molecule has 0 aromatic heterocycles. The van der Waals surface area contributed by atoms with Gasteiger partial charge in [-0.3, -0.25) is 4.39 Å². The summed E-state index contributed by atoms with van der Waals surface area (Å²) < 4.78 is 12.8. The summed E-state index contributed by atoms with van der Waals surface area (Å²) in [5.41, 5.74) is 3.83. The van der Waals surface area contributed by atoms with Crippen molar-refractivity contribution in [2.24, 2.45) is 0 Å². The molecular weight excluding hydrogens is 223 g/mol. The fourth-order valence-corrected chi connectivity index (χ4v) is 2.14. The molecule has 1 radical (unpaired) electrons. The number of halogens is 1. The largest absolute Gasteiger partial charge is 0.250 e. The Bertz CT molecular complexity index is 317. The molecule has 0 aliphatic rings. The van der Waals surface area contributed by atoms with Crippen molar-refractivity contribution in [3.63, 3.8) is 0 Å². The van der Waals surface area contributed by atoms with Crippen LogP contribution in [0.4, 0.5) is 4.39 Å². The highest BCUT2D eigenvalue weighted by atomic mass is 19.1. The molecule has 0 heterocycles. The van der Waals surface area contributed by atoms with E-state index in [2.05, 4.69) is 32.0 Å². The number of benzene rings is 1. The van der Waals surface area contributed by atoms with Crippen molar-refractivity contribution >= 4 is 0 Å². The monoisotopic (exact) mass is 249 g/mol. The van der Waals surface area contributed by atoms with Crippen LogP contribution in [-0.4, -0.2) is 6.67 Å². The maximum atomic E-state index is 12.8. The van der Waals surface area contributed by atoms with Gasteiger partial charge in [-0.15, -0.1) is 0 Å². The van der Waals surface area contributed by atoms with Crippen LogP contribution >= 0.6 is 0 Å². The first-order chi connectivity index (χ1) is 8.71. The summed E-state index contributed by atoms with van der Waals surface area (Å²) in [6.07, 6.45) is 7.07. The van der Waals surface area contributed by atoms with E-state index in [4.69, 9.17) is 0 Å². The summed E-state index contributed by atoms with van der Waals surface area (Å²) in [5.74, 6) is 0.853. The van der Waals surface area contributed by atoms with E-state index >= 15 is 0 Å². The first-order valence-corrected chi connectivity index (χ1v) is 7.22. The van der Waals surface area contributed by atoms with Crippen LogP contribution in [-0.2, 0) is 12.8 Å². The van der Waals surface area contributed by atoms with E-state index in [0.717, 1.165) is 24.3 Å². The van der Waals surface area contributed by atoms with Crippen LogP contribution in [0.5, 0.6) is 0 Å². The van der Waals surface area contributed by atoms with Gasteiger partial charge in [0.05, 0.1) is 6.67 Å². The summed E-state index contributed by atoms with van der Waals surface area (Å²) in [5, 5.41) is 0. The second-order valence-electron chi connectivity index (χ2n) is 5.16. The number of hydrogen-bond donors (Lipinski definition) is 0. The van der Waals surface area contributed by atoms with Gasteiger partial charge >= 0.3 is 0 Å². The van der Waals surface area contributed by atoms with Crippen LogP contribution in [0.2, 0.25) is 0 Å². The number of rotatable bonds is 8. The number of hydrogen-bond acceptors (Lipinski definition) is 0. The molecular formula is C17H26F. The van der Waals surface area contributed by atoms with Crippen molar-refractivity contribution in [3.05, 3.63) is 40.8 Å². The van der Waals surface area contributed by atoms with Crippen LogP contribution in [0, 0.1) is 5.92 Å². The molecule has 0 N–H and O–H groups in total. The van der Waals surface area contributed by atoms with Gasteiger partial charge < -0.3 is 0 Å². The third-order valence-electron chi connectivity index (χ3n) is 3.38. The Balaban J connectivity index is 2.88. The molecule has 0 aliphatic heterocycles. The summed E-state index contributed by atoms with van der Waals surface area (Å²) in [4.78, 5) is 0. The maximum absolute atomic E-state index is 12.8. The molecule has 0 saturated carbocycles. The Morgan fingerprint density at radius 1 is 0.944 bits per heavy atom. The quantitative estimate of drug-likeness (QED) is 0.587. The van der Waals surface area contributed by atoms with Gasteiger partial charge in [0.25, 0.3) is 0 Å². The lowest BCUT2D eigenvalue weighted by atomic mass is 9.93. The third-order valence-corrected chi connectivity index (χ3v) is 3.38. The van der Waals surface area contributed by atoms with Gasteiger partial charge in [-0.05, 0) is 42.4 Å². The van der Waals surface area contributed by atoms with E-state index in [9.17, 15) is 4.39 Å². The first-order valence-electron chi connectivity index (χ1n) is 7.22. The smallest absolute Gasteiger partial charge is 0.0997 e. The van der Waals surface area contributed by atoms with E-state index in [1.54, 1.807) is 0 Å². The summed E-state index contributed by atoms with van der Waals surface area (Å²) in [7, 11) is 0. The lowest BCUT2D eigenvalue weighted by Crippen LogP contribution is -2.00. The molecule has 0 aliphatic carbocycles. The van der Waals surface area contributed by atoms with E-state index in [1.165, 1.54) is 36.8 Å². The highest BCUT2D eigenvalue weighted by Crippen LogP contribution is 2.21. The number of unbranched alkanes of at least 4 members (excludes halogenated alkanes) is 2. The lowest BCUT2D eigenvalue weighted by molar-refractivity contribution is 0.516. The molecule has 0 nitrogen and oxygen atoms in total. The minimum absolute atomic E-state index is 0.343. The summed E-state index contributed by atoms with van der Waals surface area (Å²) in [6, 6.07) is 6.64. The Morgan fingerprint density at radius 2 is 1.44 bits per heavy atom. The third kappa shape index (κ3) is 4.80. The fourth-order valence-electron chi connectivity index (χ4n) is 2.14. The molecule has 0 spiro atoms. The van der Waals surface area contributed by atoms with Crippen molar-refractivity contribution in [1.82, 2.24) is 0 Å². The zero-order valence-electron chi connectivity index (χ0n) is 12.1. The molecule has 0 saturated heterocycles. The van der Waals surface area contributed by atoms with Crippen LogP contribution in [0.1, 0.15) is 63.1 Å². The average molecular weight is 249 g/mol. The molecule has 1 rings (SSSR count). The molecule has 1 heteroatoms. The van der Waals surface area contributed by atoms with Crippen molar-refractivity contribution in [2.75, 3.05) is 6.67 Å². The predicted octanol–water partition coefficient (Wildman–Crippen LogP) is 5.28. The standard InChI is InChI=1S/C17H26F/c1-4-6-8-15-10-16(9-7-5-2)12-17(11-15)14(3)13-18/h10-12H,4-9,13H2,1-3H3. The predicted molar refractivity (Wildman–Crippen MR) is 77.7 cm³/mol. The van der Waals surface area contributed by atoms with Crippen molar-refractivity contribution in [3.8, 4) is 0 Å². The molecule has 1 aromatic rings. The molecule has 0 atom stereocenters.